The molecule has 0 unspecified atom stereocenters. The standard InChI is InChI=1S/C10H21NO3Si/c1-3-13-10(14-4-2)15-8-6-5-7-11-9-12/h10H,3-8,15H2,1-2H3. The van der Waals surface area contributed by atoms with Gasteiger partial charge in [-0.3, -0.25) is 0 Å². The molecular weight excluding hydrogens is 210 g/mol. The first kappa shape index (κ1) is 14.5. The monoisotopic (exact) mass is 231 g/mol. The fourth-order valence-electron chi connectivity index (χ4n) is 1.31. The largest absolute Gasteiger partial charge is 0.357 e. The Labute approximate surface area is 93.9 Å². The molecule has 88 valence electrons. The molecule has 0 aromatic carbocycles. The average molecular weight is 231 g/mol. The van der Waals surface area contributed by atoms with E-state index in [0.717, 1.165) is 12.8 Å². The molecule has 0 N–H and O–H groups in total. The number of nitrogens with zero attached hydrogens (tertiary/aromatic N) is 1. The molecule has 0 heterocycles. The number of rotatable bonds is 10. The van der Waals surface area contributed by atoms with Crippen molar-refractivity contribution < 1.29 is 14.3 Å². The molecule has 0 radical (unpaired) electrons. The second-order valence-electron chi connectivity index (χ2n) is 3.16. The van der Waals surface area contributed by atoms with E-state index >= 15 is 0 Å². The SMILES string of the molecule is CCOC(OCC)[SiH2]CCCCN=C=O. The Hall–Kier alpha value is -0.483. The van der Waals surface area contributed by atoms with Gasteiger partial charge in [-0.05, 0) is 20.3 Å². The molecule has 0 saturated carbocycles. The lowest BCUT2D eigenvalue weighted by atomic mass is 10.3. The summed E-state index contributed by atoms with van der Waals surface area (Å²) in [5.74, 6) is 0.0644. The minimum atomic E-state index is -0.316. The van der Waals surface area contributed by atoms with Crippen LogP contribution in [0.4, 0.5) is 0 Å². The highest BCUT2D eigenvalue weighted by atomic mass is 28.2. The lowest BCUT2D eigenvalue weighted by molar-refractivity contribution is -0.0827. The molecule has 0 aliphatic heterocycles. The molecule has 0 aromatic heterocycles. The van der Waals surface area contributed by atoms with Crippen molar-refractivity contribution in [2.75, 3.05) is 19.8 Å². The van der Waals surface area contributed by atoms with E-state index in [0.29, 0.717) is 19.8 Å². The molecule has 4 nitrogen and oxygen atoms in total. The van der Waals surface area contributed by atoms with Crippen molar-refractivity contribution in [1.82, 2.24) is 0 Å². The maximum atomic E-state index is 9.79. The third-order valence-electron chi connectivity index (χ3n) is 1.98. The summed E-state index contributed by atoms with van der Waals surface area (Å²) in [5.41, 5.74) is 0. The van der Waals surface area contributed by atoms with Crippen LogP contribution >= 0.6 is 0 Å². The Morgan fingerprint density at radius 1 is 1.27 bits per heavy atom. The van der Waals surface area contributed by atoms with Crippen LogP contribution in [0.5, 0.6) is 0 Å². The second kappa shape index (κ2) is 11.6. The number of hydrogen-bond donors (Lipinski definition) is 0. The molecule has 0 aromatic rings. The van der Waals surface area contributed by atoms with Crippen molar-refractivity contribution in [3.8, 4) is 0 Å². The topological polar surface area (TPSA) is 47.9 Å². The summed E-state index contributed by atoms with van der Waals surface area (Å²) in [6, 6.07) is 1.18. The van der Waals surface area contributed by atoms with Gasteiger partial charge in [0.25, 0.3) is 0 Å². The van der Waals surface area contributed by atoms with Gasteiger partial charge in [-0.2, -0.15) is 0 Å². The van der Waals surface area contributed by atoms with Gasteiger partial charge in [0.05, 0.1) is 16.1 Å². The molecule has 0 atom stereocenters. The molecule has 5 heteroatoms. The van der Waals surface area contributed by atoms with E-state index in [9.17, 15) is 4.79 Å². The highest BCUT2D eigenvalue weighted by Gasteiger charge is 2.07. The number of carbonyl (C=O) groups excluding carboxylic acids is 1. The Kier molecular flexibility index (Phi) is 11.2. The quantitative estimate of drug-likeness (QED) is 0.186. The number of unbranched alkanes of at least 4 members (excludes halogenated alkanes) is 1. The lowest BCUT2D eigenvalue weighted by Crippen LogP contribution is -2.24. The summed E-state index contributed by atoms with van der Waals surface area (Å²) in [6.07, 6.45) is 3.62. The molecule has 0 aliphatic carbocycles. The van der Waals surface area contributed by atoms with Gasteiger partial charge in [0.2, 0.25) is 6.08 Å². The molecule has 0 aliphatic rings. The Balaban J connectivity index is 3.39. The molecule has 0 spiro atoms. The zero-order valence-corrected chi connectivity index (χ0v) is 11.1. The number of isocyanates is 1. The van der Waals surface area contributed by atoms with Gasteiger partial charge in [0.15, 0.2) is 0 Å². The minimum Gasteiger partial charge on any atom is -0.357 e. The molecule has 0 rings (SSSR count). The van der Waals surface area contributed by atoms with Gasteiger partial charge >= 0.3 is 0 Å². The van der Waals surface area contributed by atoms with Crippen LogP contribution in [-0.4, -0.2) is 41.3 Å². The first-order chi connectivity index (χ1) is 7.35. The van der Waals surface area contributed by atoms with Crippen LogP contribution in [0.2, 0.25) is 6.04 Å². The minimum absolute atomic E-state index is 0.0644. The third kappa shape index (κ3) is 9.81. The number of hydrogen-bond acceptors (Lipinski definition) is 4. The van der Waals surface area contributed by atoms with E-state index in [1.165, 1.54) is 6.04 Å². The van der Waals surface area contributed by atoms with Crippen LogP contribution in [0.1, 0.15) is 26.7 Å². The van der Waals surface area contributed by atoms with E-state index in [2.05, 4.69) is 4.99 Å². The Morgan fingerprint density at radius 3 is 2.47 bits per heavy atom. The summed E-state index contributed by atoms with van der Waals surface area (Å²) in [6.45, 7) is 6.00. The maximum absolute atomic E-state index is 9.79. The summed E-state index contributed by atoms with van der Waals surface area (Å²) < 4.78 is 10.9. The van der Waals surface area contributed by atoms with E-state index in [4.69, 9.17) is 9.47 Å². The number of ether oxygens (including phenoxy) is 2. The van der Waals surface area contributed by atoms with Gasteiger partial charge in [-0.15, -0.1) is 0 Å². The molecule has 15 heavy (non-hydrogen) atoms. The second-order valence-corrected chi connectivity index (χ2v) is 5.11. The fraction of sp³-hybridized carbons (Fsp3) is 0.900. The Bertz CT molecular complexity index is 178. The lowest BCUT2D eigenvalue weighted by Gasteiger charge is -2.16. The van der Waals surface area contributed by atoms with Crippen molar-refractivity contribution in [2.24, 2.45) is 4.99 Å². The van der Waals surface area contributed by atoms with E-state index in [1.54, 1.807) is 6.08 Å². The van der Waals surface area contributed by atoms with E-state index in [-0.39, 0.29) is 15.4 Å². The Morgan fingerprint density at radius 2 is 1.93 bits per heavy atom. The molecule has 0 bridgehead atoms. The maximum Gasteiger partial charge on any atom is 0.234 e. The third-order valence-corrected chi connectivity index (χ3v) is 3.83. The normalized spacial score (nSPS) is 11.1. The average Bonchev–Trinajstić information content (AvgIpc) is 2.24. The van der Waals surface area contributed by atoms with Crippen LogP contribution in [0, 0.1) is 0 Å². The van der Waals surface area contributed by atoms with Crippen molar-refractivity contribution in [3.63, 3.8) is 0 Å². The summed E-state index contributed by atoms with van der Waals surface area (Å²) >= 11 is 0. The van der Waals surface area contributed by atoms with Crippen LogP contribution in [-0.2, 0) is 14.3 Å². The van der Waals surface area contributed by atoms with Crippen LogP contribution in [0.15, 0.2) is 4.99 Å². The number of aliphatic imine (C=N–C) groups is 1. The predicted molar refractivity (Wildman–Crippen MR) is 62.6 cm³/mol. The van der Waals surface area contributed by atoms with Crippen LogP contribution in [0.25, 0.3) is 0 Å². The van der Waals surface area contributed by atoms with Gasteiger partial charge in [-0.25, -0.2) is 9.79 Å². The summed E-state index contributed by atoms with van der Waals surface area (Å²) in [7, 11) is -0.316. The zero-order valence-electron chi connectivity index (χ0n) is 9.70. The molecule has 0 fully saturated rings. The van der Waals surface area contributed by atoms with Gasteiger partial charge in [-0.1, -0.05) is 12.5 Å². The van der Waals surface area contributed by atoms with Crippen molar-refractivity contribution in [1.29, 1.82) is 0 Å². The van der Waals surface area contributed by atoms with Crippen molar-refractivity contribution in [2.45, 2.75) is 38.6 Å². The van der Waals surface area contributed by atoms with Crippen LogP contribution in [0.3, 0.4) is 0 Å². The van der Waals surface area contributed by atoms with Crippen molar-refractivity contribution in [3.05, 3.63) is 0 Å². The van der Waals surface area contributed by atoms with E-state index in [1.807, 2.05) is 13.8 Å². The van der Waals surface area contributed by atoms with Gasteiger partial charge in [0.1, 0.15) is 5.91 Å². The molecule has 0 saturated heterocycles. The zero-order chi connectivity index (χ0) is 11.4. The van der Waals surface area contributed by atoms with E-state index < -0.39 is 0 Å². The molecular formula is C10H21NO3Si. The molecule has 0 amide bonds. The summed E-state index contributed by atoms with van der Waals surface area (Å²) in [4.78, 5) is 13.3. The summed E-state index contributed by atoms with van der Waals surface area (Å²) in [5, 5.41) is 0. The van der Waals surface area contributed by atoms with Gasteiger partial charge < -0.3 is 9.47 Å². The smallest absolute Gasteiger partial charge is 0.234 e. The van der Waals surface area contributed by atoms with Gasteiger partial charge in [0, 0.05) is 13.2 Å². The first-order valence-corrected chi connectivity index (χ1v) is 7.43. The predicted octanol–water partition coefficient (Wildman–Crippen LogP) is 1.05. The fourth-order valence-corrected chi connectivity index (χ4v) is 3.09. The highest BCUT2D eigenvalue weighted by molar-refractivity contribution is 6.36. The first-order valence-electron chi connectivity index (χ1n) is 5.62. The van der Waals surface area contributed by atoms with Crippen molar-refractivity contribution >= 4 is 15.6 Å². The highest BCUT2D eigenvalue weighted by Crippen LogP contribution is 2.01. The van der Waals surface area contributed by atoms with Crippen LogP contribution < -0.4 is 0 Å².